The summed E-state index contributed by atoms with van der Waals surface area (Å²) in [6.45, 7) is 2.14. The maximum absolute atomic E-state index is 11.9. The van der Waals surface area contributed by atoms with E-state index in [9.17, 15) is 10.1 Å². The van der Waals surface area contributed by atoms with Crippen molar-refractivity contribution in [1.29, 1.82) is 5.26 Å². The van der Waals surface area contributed by atoms with E-state index in [4.69, 9.17) is 9.84 Å². The standard InChI is InChI=1S/C22H27N3O2/c1-3-19-18-8-7-16(13-20(18)25(24-19)17-5-4-6-17)22(14-23)11-9-15(10-12-22)21(26)27-2/h7-8,13,15,17H,3-6,9-12H2,1-2H3/t15-,22-. The first kappa shape index (κ1) is 18.0. The molecule has 2 saturated carbocycles. The number of fused-ring (bicyclic) bond motifs is 1. The average molecular weight is 365 g/mol. The van der Waals surface area contributed by atoms with Gasteiger partial charge in [0.05, 0.1) is 41.8 Å². The van der Waals surface area contributed by atoms with E-state index in [-0.39, 0.29) is 11.9 Å². The molecule has 5 nitrogen and oxygen atoms in total. The van der Waals surface area contributed by atoms with Crippen LogP contribution in [0.25, 0.3) is 10.9 Å². The first-order valence-corrected chi connectivity index (χ1v) is 10.1. The van der Waals surface area contributed by atoms with E-state index in [0.717, 1.165) is 17.7 Å². The van der Waals surface area contributed by atoms with Crippen molar-refractivity contribution in [3.8, 4) is 6.07 Å². The normalized spacial score (nSPS) is 25.7. The maximum atomic E-state index is 11.9. The predicted molar refractivity (Wildman–Crippen MR) is 103 cm³/mol. The van der Waals surface area contributed by atoms with Gasteiger partial charge in [0.1, 0.15) is 0 Å². The van der Waals surface area contributed by atoms with Crippen LogP contribution in [0.2, 0.25) is 0 Å². The number of aromatic nitrogens is 2. The highest BCUT2D eigenvalue weighted by Gasteiger charge is 2.40. The second-order valence-corrected chi connectivity index (χ2v) is 8.05. The van der Waals surface area contributed by atoms with Gasteiger partial charge in [-0.15, -0.1) is 0 Å². The first-order valence-electron chi connectivity index (χ1n) is 10.1. The second-order valence-electron chi connectivity index (χ2n) is 8.05. The lowest BCUT2D eigenvalue weighted by molar-refractivity contribution is -0.146. The van der Waals surface area contributed by atoms with Gasteiger partial charge in [0.15, 0.2) is 0 Å². The van der Waals surface area contributed by atoms with Gasteiger partial charge in [-0.25, -0.2) is 0 Å². The largest absolute Gasteiger partial charge is 0.469 e. The number of ether oxygens (including phenoxy) is 1. The summed E-state index contributed by atoms with van der Waals surface area (Å²) in [5.41, 5.74) is 2.87. The van der Waals surface area contributed by atoms with E-state index in [0.29, 0.717) is 31.7 Å². The second kappa shape index (κ2) is 6.99. The Balaban J connectivity index is 1.70. The molecule has 1 aromatic carbocycles. The molecule has 0 radical (unpaired) electrons. The van der Waals surface area contributed by atoms with Gasteiger partial charge in [0.2, 0.25) is 0 Å². The number of carbonyl (C=O) groups is 1. The maximum Gasteiger partial charge on any atom is 0.308 e. The molecule has 0 amide bonds. The minimum Gasteiger partial charge on any atom is -0.469 e. The molecule has 142 valence electrons. The molecule has 2 aromatic rings. The zero-order valence-corrected chi connectivity index (χ0v) is 16.2. The van der Waals surface area contributed by atoms with Crippen LogP contribution < -0.4 is 0 Å². The molecular weight excluding hydrogens is 338 g/mol. The van der Waals surface area contributed by atoms with Crippen LogP contribution in [0.1, 0.15) is 69.2 Å². The van der Waals surface area contributed by atoms with E-state index in [1.54, 1.807) is 0 Å². The predicted octanol–water partition coefficient (Wildman–Crippen LogP) is 4.45. The highest BCUT2D eigenvalue weighted by molar-refractivity contribution is 5.83. The highest BCUT2D eigenvalue weighted by Crippen LogP contribution is 2.43. The Morgan fingerprint density at radius 1 is 1.33 bits per heavy atom. The number of nitrogens with zero attached hydrogens (tertiary/aromatic N) is 3. The van der Waals surface area contributed by atoms with Gasteiger partial charge in [-0.2, -0.15) is 10.4 Å². The van der Waals surface area contributed by atoms with E-state index in [1.165, 1.54) is 37.3 Å². The fourth-order valence-electron chi connectivity index (χ4n) is 4.65. The summed E-state index contributed by atoms with van der Waals surface area (Å²) in [7, 11) is 1.44. The van der Waals surface area contributed by atoms with Crippen molar-refractivity contribution in [2.45, 2.75) is 69.7 Å². The molecule has 27 heavy (non-hydrogen) atoms. The molecule has 0 N–H and O–H groups in total. The number of nitriles is 1. The van der Waals surface area contributed by atoms with Gasteiger partial charge >= 0.3 is 5.97 Å². The third kappa shape index (κ3) is 2.92. The van der Waals surface area contributed by atoms with Crippen LogP contribution >= 0.6 is 0 Å². The van der Waals surface area contributed by atoms with Crippen molar-refractivity contribution >= 4 is 16.9 Å². The van der Waals surface area contributed by atoms with Gasteiger partial charge in [0, 0.05) is 5.39 Å². The molecule has 0 atom stereocenters. The summed E-state index contributed by atoms with van der Waals surface area (Å²) in [6, 6.07) is 9.54. The third-order valence-corrected chi connectivity index (χ3v) is 6.68. The molecule has 2 fully saturated rings. The molecule has 4 rings (SSSR count). The molecule has 1 aromatic heterocycles. The summed E-state index contributed by atoms with van der Waals surface area (Å²) in [4.78, 5) is 11.9. The molecule has 0 bridgehead atoms. The first-order chi connectivity index (χ1) is 13.1. The van der Waals surface area contributed by atoms with Gasteiger partial charge in [-0.3, -0.25) is 9.48 Å². The molecule has 0 spiro atoms. The molecule has 2 aliphatic carbocycles. The minimum absolute atomic E-state index is 0.0765. The summed E-state index contributed by atoms with van der Waals surface area (Å²) in [5, 5.41) is 16.1. The highest BCUT2D eigenvalue weighted by atomic mass is 16.5. The Morgan fingerprint density at radius 2 is 2.07 bits per heavy atom. The lowest BCUT2D eigenvalue weighted by Crippen LogP contribution is -2.33. The van der Waals surface area contributed by atoms with Gasteiger partial charge in [-0.05, 0) is 63.0 Å². The zero-order valence-electron chi connectivity index (χ0n) is 16.2. The fraction of sp³-hybridized carbons (Fsp3) is 0.591. The molecule has 2 aliphatic rings. The monoisotopic (exact) mass is 365 g/mol. The van der Waals surface area contributed by atoms with Crippen molar-refractivity contribution in [1.82, 2.24) is 9.78 Å². The number of rotatable bonds is 4. The smallest absolute Gasteiger partial charge is 0.308 e. The number of methoxy groups -OCH3 is 1. The van der Waals surface area contributed by atoms with Crippen molar-refractivity contribution in [2.24, 2.45) is 5.92 Å². The van der Waals surface area contributed by atoms with Crippen molar-refractivity contribution < 1.29 is 9.53 Å². The summed E-state index contributed by atoms with van der Waals surface area (Å²) >= 11 is 0. The molecule has 0 aliphatic heterocycles. The van der Waals surface area contributed by atoms with Crippen LogP contribution in [0.3, 0.4) is 0 Å². The lowest BCUT2D eigenvalue weighted by Gasteiger charge is -2.34. The van der Waals surface area contributed by atoms with Crippen molar-refractivity contribution in [3.63, 3.8) is 0 Å². The van der Waals surface area contributed by atoms with Gasteiger partial charge in [0.25, 0.3) is 0 Å². The fourth-order valence-corrected chi connectivity index (χ4v) is 4.65. The SMILES string of the molecule is CCc1nn(C2CCC2)c2cc([C@]3(C#N)CC[C@@H](C(=O)OC)CC3)ccc12. The number of carbonyl (C=O) groups excluding carboxylic acids is 1. The molecular formula is C22H27N3O2. The molecule has 0 unspecified atom stereocenters. The van der Waals surface area contributed by atoms with Crippen molar-refractivity contribution in [3.05, 3.63) is 29.5 Å². The van der Waals surface area contributed by atoms with E-state index in [2.05, 4.69) is 35.9 Å². The Kier molecular flexibility index (Phi) is 4.67. The quantitative estimate of drug-likeness (QED) is 0.751. The Bertz CT molecular complexity index is 896. The molecule has 0 saturated heterocycles. The van der Waals surface area contributed by atoms with Crippen LogP contribution in [0.15, 0.2) is 18.2 Å². The molecule has 1 heterocycles. The number of hydrogen-bond acceptors (Lipinski definition) is 4. The van der Waals surface area contributed by atoms with Crippen LogP contribution in [0, 0.1) is 17.2 Å². The third-order valence-electron chi connectivity index (χ3n) is 6.68. The summed E-state index contributed by atoms with van der Waals surface area (Å²) in [6.07, 6.45) is 7.38. The van der Waals surface area contributed by atoms with Crippen molar-refractivity contribution in [2.75, 3.05) is 7.11 Å². The van der Waals surface area contributed by atoms with Crippen LogP contribution in [-0.4, -0.2) is 22.9 Å². The average Bonchev–Trinajstić information content (AvgIpc) is 3.04. The number of aryl methyl sites for hydroxylation is 1. The Hall–Kier alpha value is -2.35. The van der Waals surface area contributed by atoms with E-state index >= 15 is 0 Å². The summed E-state index contributed by atoms with van der Waals surface area (Å²) in [5.74, 6) is -0.222. The van der Waals surface area contributed by atoms with E-state index < -0.39 is 5.41 Å². The Morgan fingerprint density at radius 3 is 2.63 bits per heavy atom. The van der Waals surface area contributed by atoms with Gasteiger partial charge < -0.3 is 4.74 Å². The zero-order chi connectivity index (χ0) is 19.0. The minimum atomic E-state index is -0.514. The topological polar surface area (TPSA) is 67.9 Å². The van der Waals surface area contributed by atoms with E-state index in [1.807, 2.05) is 0 Å². The van der Waals surface area contributed by atoms with Crippen LogP contribution in [0.4, 0.5) is 0 Å². The van der Waals surface area contributed by atoms with Crippen LogP contribution in [-0.2, 0) is 21.4 Å². The van der Waals surface area contributed by atoms with Crippen LogP contribution in [0.5, 0.6) is 0 Å². The molecule has 5 heteroatoms. The summed E-state index contributed by atoms with van der Waals surface area (Å²) < 4.78 is 7.10. The van der Waals surface area contributed by atoms with Gasteiger partial charge in [-0.1, -0.05) is 19.1 Å². The Labute approximate surface area is 160 Å². The number of esters is 1. The number of benzene rings is 1. The lowest BCUT2D eigenvalue weighted by atomic mass is 9.67. The number of hydrogen-bond donors (Lipinski definition) is 0.